The third-order valence-electron chi connectivity index (χ3n) is 5.52. The van der Waals surface area contributed by atoms with Crippen LogP contribution in [0.4, 0.5) is 0 Å². The van der Waals surface area contributed by atoms with Gasteiger partial charge in [-0.3, -0.25) is 0 Å². The number of nitrogens with one attached hydrogen (secondary N) is 2. The predicted octanol–water partition coefficient (Wildman–Crippen LogP) is 2.45. The quantitative estimate of drug-likeness (QED) is 0.296. The van der Waals surface area contributed by atoms with Crippen LogP contribution in [-0.2, 0) is 26.6 Å². The zero-order valence-electron chi connectivity index (χ0n) is 18.4. The second kappa shape index (κ2) is 10.2. The molecule has 3 heterocycles. The number of aromatic nitrogens is 6. The molecule has 2 unspecified atom stereocenters. The average Bonchev–Trinajstić information content (AvgIpc) is 3.27. The monoisotopic (exact) mass is 535 g/mol. The van der Waals surface area contributed by atoms with E-state index in [0.29, 0.717) is 6.54 Å². The smallest absolute Gasteiger partial charge is 0.192 e. The SMILES string of the molecule is Cc1nc2n(n1)CC(NC(=NCc1nnc(C)n1C)NC(C)c1ccccc1)CC2.I. The van der Waals surface area contributed by atoms with Crippen LogP contribution in [-0.4, -0.2) is 41.5 Å². The minimum atomic E-state index is 0. The van der Waals surface area contributed by atoms with Gasteiger partial charge in [0.25, 0.3) is 0 Å². The Morgan fingerprint density at radius 2 is 2.00 bits per heavy atom. The maximum atomic E-state index is 4.81. The molecule has 0 radical (unpaired) electrons. The van der Waals surface area contributed by atoms with Crippen LogP contribution in [0, 0.1) is 13.8 Å². The molecule has 0 bridgehead atoms. The summed E-state index contributed by atoms with van der Waals surface area (Å²) in [4.78, 5) is 9.32. The first-order valence-electron chi connectivity index (χ1n) is 10.4. The fourth-order valence-corrected chi connectivity index (χ4v) is 3.65. The van der Waals surface area contributed by atoms with Gasteiger partial charge in [-0.15, -0.1) is 34.2 Å². The van der Waals surface area contributed by atoms with Gasteiger partial charge in [0, 0.05) is 19.5 Å². The van der Waals surface area contributed by atoms with Crippen molar-refractivity contribution in [1.82, 2.24) is 40.2 Å². The fourth-order valence-electron chi connectivity index (χ4n) is 3.65. The Kier molecular flexibility index (Phi) is 7.63. The number of hydrogen-bond acceptors (Lipinski definition) is 5. The minimum Gasteiger partial charge on any atom is -0.352 e. The van der Waals surface area contributed by atoms with Crippen LogP contribution < -0.4 is 10.6 Å². The van der Waals surface area contributed by atoms with Crippen molar-refractivity contribution in [3.63, 3.8) is 0 Å². The summed E-state index contributed by atoms with van der Waals surface area (Å²) in [5.74, 6) is 4.36. The van der Waals surface area contributed by atoms with Crippen LogP contribution in [0.2, 0.25) is 0 Å². The van der Waals surface area contributed by atoms with Crippen LogP contribution in [0.1, 0.15) is 48.2 Å². The van der Waals surface area contributed by atoms with Crippen LogP contribution in [0.15, 0.2) is 35.3 Å². The summed E-state index contributed by atoms with van der Waals surface area (Å²) >= 11 is 0. The largest absolute Gasteiger partial charge is 0.352 e. The Labute approximate surface area is 199 Å². The number of nitrogens with zero attached hydrogens (tertiary/aromatic N) is 7. The van der Waals surface area contributed by atoms with Crippen LogP contribution >= 0.6 is 24.0 Å². The number of aliphatic imine (C=N–C) groups is 1. The van der Waals surface area contributed by atoms with E-state index in [2.05, 4.69) is 62.1 Å². The number of halogens is 1. The summed E-state index contributed by atoms with van der Waals surface area (Å²) in [7, 11) is 1.96. The predicted molar refractivity (Wildman–Crippen MR) is 130 cm³/mol. The number of rotatable bonds is 5. The second-order valence-electron chi connectivity index (χ2n) is 7.80. The minimum absolute atomic E-state index is 0. The molecule has 1 aliphatic rings. The molecule has 2 aromatic heterocycles. The van der Waals surface area contributed by atoms with E-state index in [-0.39, 0.29) is 36.1 Å². The number of hydrogen-bond donors (Lipinski definition) is 2. The lowest BCUT2D eigenvalue weighted by Crippen LogP contribution is -2.47. The molecule has 1 aromatic carbocycles. The van der Waals surface area contributed by atoms with E-state index in [1.54, 1.807) is 0 Å². The van der Waals surface area contributed by atoms with Gasteiger partial charge in [0.15, 0.2) is 11.8 Å². The van der Waals surface area contributed by atoms with Gasteiger partial charge in [-0.25, -0.2) is 14.7 Å². The van der Waals surface area contributed by atoms with Crippen molar-refractivity contribution in [1.29, 1.82) is 0 Å². The lowest BCUT2D eigenvalue weighted by atomic mass is 10.1. The summed E-state index contributed by atoms with van der Waals surface area (Å²) < 4.78 is 3.97. The van der Waals surface area contributed by atoms with Gasteiger partial charge in [0.2, 0.25) is 0 Å². The molecule has 0 saturated heterocycles. The van der Waals surface area contributed by atoms with Crippen LogP contribution in [0.25, 0.3) is 0 Å². The molecule has 0 spiro atoms. The van der Waals surface area contributed by atoms with Gasteiger partial charge in [-0.05, 0) is 32.8 Å². The number of guanidine groups is 1. The second-order valence-corrected chi connectivity index (χ2v) is 7.80. The molecule has 1 aliphatic heterocycles. The topological polar surface area (TPSA) is 97.8 Å². The highest BCUT2D eigenvalue weighted by atomic mass is 127. The summed E-state index contributed by atoms with van der Waals surface area (Å²) in [6, 6.07) is 10.7. The molecule has 2 N–H and O–H groups in total. The van der Waals surface area contributed by atoms with Crippen molar-refractivity contribution in [3.8, 4) is 0 Å². The molecule has 10 heteroatoms. The molecule has 0 saturated carbocycles. The summed E-state index contributed by atoms with van der Waals surface area (Å²) in [6.07, 6.45) is 1.89. The highest BCUT2D eigenvalue weighted by Crippen LogP contribution is 2.14. The zero-order valence-corrected chi connectivity index (χ0v) is 20.7. The first-order valence-corrected chi connectivity index (χ1v) is 10.4. The van der Waals surface area contributed by atoms with E-state index in [4.69, 9.17) is 4.99 Å². The lowest BCUT2D eigenvalue weighted by molar-refractivity contribution is 0.391. The number of fused-ring (bicyclic) bond motifs is 1. The van der Waals surface area contributed by atoms with Crippen LogP contribution in [0.3, 0.4) is 0 Å². The average molecular weight is 535 g/mol. The summed E-state index contributed by atoms with van der Waals surface area (Å²) in [5.41, 5.74) is 1.21. The van der Waals surface area contributed by atoms with Gasteiger partial charge >= 0.3 is 0 Å². The molecule has 166 valence electrons. The van der Waals surface area contributed by atoms with E-state index in [1.807, 2.05) is 36.2 Å². The van der Waals surface area contributed by atoms with E-state index < -0.39 is 0 Å². The van der Waals surface area contributed by atoms with Gasteiger partial charge < -0.3 is 15.2 Å². The highest BCUT2D eigenvalue weighted by Gasteiger charge is 2.22. The Balaban J connectivity index is 0.00000272. The fraction of sp³-hybridized carbons (Fsp3) is 0.476. The zero-order chi connectivity index (χ0) is 21.1. The normalized spacial score (nSPS) is 16.9. The van der Waals surface area contributed by atoms with Crippen molar-refractivity contribution >= 4 is 29.9 Å². The van der Waals surface area contributed by atoms with Gasteiger partial charge in [0.1, 0.15) is 24.0 Å². The number of aryl methyl sites for hydroxylation is 3. The standard InChI is InChI=1S/C21H29N9.HI/c1-14(17-8-6-5-7-9-17)23-21(22-12-20-27-26-16(3)29(20)4)25-18-10-11-19-24-15(2)28-30(19)13-18;/h5-9,14,18H,10-13H2,1-4H3,(H2,22,23,25);1H. The Hall–Kier alpha value is -2.50. The van der Waals surface area contributed by atoms with Gasteiger partial charge in [-0.1, -0.05) is 30.3 Å². The van der Waals surface area contributed by atoms with Crippen molar-refractivity contribution in [2.24, 2.45) is 12.0 Å². The van der Waals surface area contributed by atoms with E-state index in [9.17, 15) is 0 Å². The van der Waals surface area contributed by atoms with Crippen molar-refractivity contribution in [2.45, 2.75) is 58.8 Å². The van der Waals surface area contributed by atoms with E-state index in [0.717, 1.165) is 48.6 Å². The van der Waals surface area contributed by atoms with Crippen molar-refractivity contribution < 1.29 is 0 Å². The molecule has 2 atom stereocenters. The molecule has 0 fully saturated rings. The van der Waals surface area contributed by atoms with Crippen LogP contribution in [0.5, 0.6) is 0 Å². The van der Waals surface area contributed by atoms with Crippen molar-refractivity contribution in [2.75, 3.05) is 0 Å². The highest BCUT2D eigenvalue weighted by molar-refractivity contribution is 14.0. The maximum Gasteiger partial charge on any atom is 0.192 e. The molecular formula is C21H30IN9. The molecule has 0 amide bonds. The van der Waals surface area contributed by atoms with E-state index >= 15 is 0 Å². The molecule has 9 nitrogen and oxygen atoms in total. The van der Waals surface area contributed by atoms with Gasteiger partial charge in [-0.2, -0.15) is 5.10 Å². The Morgan fingerprint density at radius 1 is 1.23 bits per heavy atom. The summed E-state index contributed by atoms with van der Waals surface area (Å²) in [6.45, 7) is 7.24. The first-order chi connectivity index (χ1) is 14.5. The Bertz CT molecular complexity index is 1020. The van der Waals surface area contributed by atoms with E-state index in [1.165, 1.54) is 5.56 Å². The molecule has 0 aliphatic carbocycles. The first kappa shape index (κ1) is 23.2. The number of benzene rings is 1. The molecule has 4 rings (SSSR count). The summed E-state index contributed by atoms with van der Waals surface area (Å²) in [5, 5.41) is 20.0. The third kappa shape index (κ3) is 5.60. The molecular weight excluding hydrogens is 505 g/mol. The molecule has 31 heavy (non-hydrogen) atoms. The maximum absolute atomic E-state index is 4.81. The van der Waals surface area contributed by atoms with Gasteiger partial charge in [0.05, 0.1) is 12.6 Å². The molecule has 3 aromatic rings. The van der Waals surface area contributed by atoms with Crippen molar-refractivity contribution in [3.05, 3.63) is 59.2 Å². The third-order valence-corrected chi connectivity index (χ3v) is 5.52. The Morgan fingerprint density at radius 3 is 2.71 bits per heavy atom. The lowest BCUT2D eigenvalue weighted by Gasteiger charge is -2.27.